The Morgan fingerprint density at radius 3 is 1.71 bits per heavy atom. The number of carbonyl (C=O) groups is 2. The van der Waals surface area contributed by atoms with Crippen LogP contribution in [0.15, 0.2) is 48.1 Å². The Labute approximate surface area is 124 Å². The molecule has 0 radical (unpaired) electrons. The van der Waals surface area contributed by atoms with Gasteiger partial charge in [0.2, 0.25) is 11.8 Å². The first kappa shape index (κ1) is 14.9. The van der Waals surface area contributed by atoms with E-state index in [1.807, 2.05) is 34.4 Å². The first-order valence-electron chi connectivity index (χ1n) is 6.92. The molecule has 0 aromatic carbocycles. The summed E-state index contributed by atoms with van der Waals surface area (Å²) >= 11 is 0. The van der Waals surface area contributed by atoms with Gasteiger partial charge in [0.25, 0.3) is 0 Å². The van der Waals surface area contributed by atoms with Crippen molar-refractivity contribution in [1.82, 2.24) is 9.80 Å². The van der Waals surface area contributed by atoms with Gasteiger partial charge in [-0.25, -0.2) is 0 Å². The molecular weight excluding hydrogens is 268 g/mol. The number of hydrogen-bond acceptors (Lipinski definition) is 4. The van der Waals surface area contributed by atoms with Crippen molar-refractivity contribution in [3.05, 3.63) is 48.1 Å². The highest BCUT2D eigenvalue weighted by Gasteiger charge is 2.11. The summed E-state index contributed by atoms with van der Waals surface area (Å²) < 4.78 is 0. The van der Waals surface area contributed by atoms with Crippen LogP contribution in [-0.4, -0.2) is 34.7 Å². The first-order chi connectivity index (χ1) is 10.1. The molecule has 6 heteroatoms. The highest BCUT2D eigenvalue weighted by molar-refractivity contribution is 5.92. The average molecular weight is 288 g/mol. The lowest BCUT2D eigenvalue weighted by molar-refractivity contribution is -0.115. The summed E-state index contributed by atoms with van der Waals surface area (Å²) in [4.78, 5) is 26.2. The number of rotatable bonds is 6. The van der Waals surface area contributed by atoms with Crippen LogP contribution < -0.4 is 11.5 Å². The molecule has 2 rings (SSSR count). The lowest BCUT2D eigenvalue weighted by Crippen LogP contribution is -2.25. The van der Waals surface area contributed by atoms with Gasteiger partial charge in [-0.15, -0.1) is 0 Å². The summed E-state index contributed by atoms with van der Waals surface area (Å²) in [6, 6.07) is 0. The molecule has 21 heavy (non-hydrogen) atoms. The Morgan fingerprint density at radius 2 is 1.33 bits per heavy atom. The number of primary amides is 2. The average Bonchev–Trinajstić information content (AvgIpc) is 2.48. The third kappa shape index (κ3) is 4.24. The Kier molecular flexibility index (Phi) is 4.81. The Balaban J connectivity index is 1.82. The van der Waals surface area contributed by atoms with Crippen molar-refractivity contribution in [2.24, 2.45) is 11.5 Å². The minimum Gasteiger partial charge on any atom is -0.366 e. The van der Waals surface area contributed by atoms with E-state index in [1.54, 1.807) is 12.4 Å². The third-order valence-electron chi connectivity index (χ3n) is 3.38. The summed E-state index contributed by atoms with van der Waals surface area (Å²) in [5, 5.41) is 0. The van der Waals surface area contributed by atoms with Crippen LogP contribution in [0, 0.1) is 0 Å². The zero-order chi connectivity index (χ0) is 15.2. The number of amides is 2. The van der Waals surface area contributed by atoms with E-state index >= 15 is 0 Å². The SMILES string of the molecule is NC(=O)C1=CN(CCCN2C=CCC(C(N)=O)=C2)C=CC1. The molecule has 0 fully saturated rings. The van der Waals surface area contributed by atoms with Crippen LogP contribution in [0.2, 0.25) is 0 Å². The van der Waals surface area contributed by atoms with Crippen molar-refractivity contribution >= 4 is 11.8 Å². The van der Waals surface area contributed by atoms with Crippen LogP contribution in [0.3, 0.4) is 0 Å². The maximum Gasteiger partial charge on any atom is 0.246 e. The smallest absolute Gasteiger partial charge is 0.246 e. The molecule has 4 N–H and O–H groups in total. The van der Waals surface area contributed by atoms with Gasteiger partial charge in [0, 0.05) is 36.6 Å². The zero-order valence-corrected chi connectivity index (χ0v) is 11.9. The monoisotopic (exact) mass is 288 g/mol. The summed E-state index contributed by atoms with van der Waals surface area (Å²) in [5.74, 6) is -0.755. The summed E-state index contributed by atoms with van der Waals surface area (Å²) in [7, 11) is 0. The molecule has 0 spiro atoms. The van der Waals surface area contributed by atoms with Crippen LogP contribution >= 0.6 is 0 Å². The predicted molar refractivity (Wildman–Crippen MR) is 80.1 cm³/mol. The quantitative estimate of drug-likeness (QED) is 0.746. The van der Waals surface area contributed by atoms with Crippen LogP contribution in [0.25, 0.3) is 0 Å². The molecule has 2 amide bonds. The van der Waals surface area contributed by atoms with E-state index in [0.29, 0.717) is 24.0 Å². The summed E-state index contributed by atoms with van der Waals surface area (Å²) in [5.41, 5.74) is 11.8. The molecule has 112 valence electrons. The molecule has 2 aliphatic heterocycles. The fraction of sp³-hybridized carbons (Fsp3) is 0.333. The predicted octanol–water partition coefficient (Wildman–Crippen LogP) is 0.554. The van der Waals surface area contributed by atoms with E-state index in [2.05, 4.69) is 0 Å². The lowest BCUT2D eigenvalue weighted by atomic mass is 10.1. The minimum absolute atomic E-state index is 0.377. The van der Waals surface area contributed by atoms with Gasteiger partial charge in [-0.3, -0.25) is 9.59 Å². The highest BCUT2D eigenvalue weighted by atomic mass is 16.1. The Hall–Kier alpha value is -2.50. The van der Waals surface area contributed by atoms with Gasteiger partial charge in [-0.2, -0.15) is 0 Å². The molecule has 0 atom stereocenters. The summed E-state index contributed by atoms with van der Waals surface area (Å²) in [6.07, 6.45) is 13.4. The van der Waals surface area contributed by atoms with Gasteiger partial charge in [0.05, 0.1) is 0 Å². The van der Waals surface area contributed by atoms with Crippen molar-refractivity contribution in [2.75, 3.05) is 13.1 Å². The van der Waals surface area contributed by atoms with Crippen LogP contribution in [0.1, 0.15) is 19.3 Å². The second kappa shape index (κ2) is 6.78. The molecule has 2 aliphatic rings. The molecule has 0 aromatic rings. The van der Waals surface area contributed by atoms with Gasteiger partial charge in [-0.05, 0) is 31.7 Å². The van der Waals surface area contributed by atoms with Gasteiger partial charge in [-0.1, -0.05) is 12.2 Å². The maximum atomic E-state index is 11.1. The van der Waals surface area contributed by atoms with Crippen LogP contribution in [0.4, 0.5) is 0 Å². The number of allylic oxidation sites excluding steroid dienone is 2. The molecule has 0 saturated carbocycles. The fourth-order valence-corrected chi connectivity index (χ4v) is 2.26. The van der Waals surface area contributed by atoms with E-state index in [4.69, 9.17) is 11.5 Å². The zero-order valence-electron chi connectivity index (χ0n) is 11.9. The molecule has 0 saturated heterocycles. The molecule has 0 aromatic heterocycles. The normalized spacial score (nSPS) is 17.5. The maximum absolute atomic E-state index is 11.1. The lowest BCUT2D eigenvalue weighted by Gasteiger charge is -2.24. The number of hydrogen-bond donors (Lipinski definition) is 2. The molecular formula is C15H20N4O2. The Morgan fingerprint density at radius 1 is 0.905 bits per heavy atom. The van der Waals surface area contributed by atoms with Crippen molar-refractivity contribution in [2.45, 2.75) is 19.3 Å². The van der Waals surface area contributed by atoms with E-state index in [-0.39, 0.29) is 11.8 Å². The second-order valence-electron chi connectivity index (χ2n) is 5.04. The van der Waals surface area contributed by atoms with Gasteiger partial charge < -0.3 is 21.3 Å². The standard InChI is InChI=1S/C15H20N4O2/c16-14(20)12-4-1-6-18(10-12)8-3-9-19-7-2-5-13(11-19)15(17)21/h1-2,6-7,10-11H,3-5,8-9H2,(H2,16,20)(H2,17,21). The molecule has 0 unspecified atom stereocenters. The molecule has 0 bridgehead atoms. The van der Waals surface area contributed by atoms with Crippen molar-refractivity contribution in [3.8, 4) is 0 Å². The van der Waals surface area contributed by atoms with Gasteiger partial charge in [0.15, 0.2) is 0 Å². The third-order valence-corrected chi connectivity index (χ3v) is 3.38. The molecule has 2 heterocycles. The number of nitrogens with two attached hydrogens (primary N) is 2. The van der Waals surface area contributed by atoms with E-state index in [9.17, 15) is 9.59 Å². The highest BCUT2D eigenvalue weighted by Crippen LogP contribution is 2.14. The number of nitrogens with zero attached hydrogens (tertiary/aromatic N) is 2. The topological polar surface area (TPSA) is 92.7 Å². The molecule has 0 aliphatic carbocycles. The van der Waals surface area contributed by atoms with E-state index in [0.717, 1.165) is 19.5 Å². The minimum atomic E-state index is -0.377. The van der Waals surface area contributed by atoms with Gasteiger partial charge in [0.1, 0.15) is 0 Å². The van der Waals surface area contributed by atoms with Crippen LogP contribution in [0.5, 0.6) is 0 Å². The fourth-order valence-electron chi connectivity index (χ4n) is 2.26. The first-order valence-corrected chi connectivity index (χ1v) is 6.92. The van der Waals surface area contributed by atoms with Gasteiger partial charge >= 0.3 is 0 Å². The van der Waals surface area contributed by atoms with Crippen LogP contribution in [-0.2, 0) is 9.59 Å². The second-order valence-corrected chi connectivity index (χ2v) is 5.04. The van der Waals surface area contributed by atoms with Crippen molar-refractivity contribution in [3.63, 3.8) is 0 Å². The number of carbonyl (C=O) groups excluding carboxylic acids is 2. The summed E-state index contributed by atoms with van der Waals surface area (Å²) in [6.45, 7) is 1.55. The van der Waals surface area contributed by atoms with Crippen molar-refractivity contribution in [1.29, 1.82) is 0 Å². The Bertz CT molecular complexity index is 498. The largest absolute Gasteiger partial charge is 0.366 e. The van der Waals surface area contributed by atoms with E-state index in [1.165, 1.54) is 0 Å². The van der Waals surface area contributed by atoms with Crippen molar-refractivity contribution < 1.29 is 9.59 Å². The molecule has 6 nitrogen and oxygen atoms in total. The van der Waals surface area contributed by atoms with E-state index < -0.39 is 0 Å².